The first-order chi connectivity index (χ1) is 19.8. The SMILES string of the molecule is CCOc1cc(F)c(F)c(N2CCC(Oc3ccc(N4N=C(c5ccc(F)c(F)c5)[C@H](C)[C@H]4CC#N)cc3)CC2)c1. The molecule has 0 radical (unpaired) electrons. The van der Waals surface area contributed by atoms with Crippen LogP contribution in [-0.2, 0) is 0 Å². The van der Waals surface area contributed by atoms with Crippen molar-refractivity contribution in [1.82, 2.24) is 0 Å². The third-order valence-electron chi connectivity index (χ3n) is 7.53. The van der Waals surface area contributed by atoms with Crippen LogP contribution in [0.15, 0.2) is 59.7 Å². The summed E-state index contributed by atoms with van der Waals surface area (Å²) in [6.45, 7) is 5.05. The lowest BCUT2D eigenvalue weighted by molar-refractivity contribution is 0.170. The van der Waals surface area contributed by atoms with E-state index in [4.69, 9.17) is 14.6 Å². The van der Waals surface area contributed by atoms with Crippen LogP contribution in [0.3, 0.4) is 0 Å². The fourth-order valence-electron chi connectivity index (χ4n) is 5.37. The van der Waals surface area contributed by atoms with Gasteiger partial charge in [0.25, 0.3) is 0 Å². The van der Waals surface area contributed by atoms with Crippen molar-refractivity contribution in [2.24, 2.45) is 11.0 Å². The summed E-state index contributed by atoms with van der Waals surface area (Å²) in [5, 5.41) is 15.9. The monoisotopic (exact) mass is 566 g/mol. The number of rotatable bonds is 8. The molecule has 2 aliphatic rings. The molecule has 10 heteroatoms. The zero-order chi connectivity index (χ0) is 29.1. The second-order valence-corrected chi connectivity index (χ2v) is 10.1. The average molecular weight is 567 g/mol. The zero-order valence-corrected chi connectivity index (χ0v) is 22.8. The van der Waals surface area contributed by atoms with Crippen LogP contribution in [0.25, 0.3) is 0 Å². The first-order valence-corrected chi connectivity index (χ1v) is 13.6. The number of benzene rings is 3. The molecule has 2 heterocycles. The maximum absolute atomic E-state index is 14.5. The molecule has 0 spiro atoms. The van der Waals surface area contributed by atoms with Gasteiger partial charge in [-0.25, -0.2) is 17.6 Å². The Labute approximate surface area is 236 Å². The van der Waals surface area contributed by atoms with E-state index in [0.717, 1.165) is 23.9 Å². The molecule has 0 aliphatic carbocycles. The van der Waals surface area contributed by atoms with Gasteiger partial charge in [0, 0.05) is 49.5 Å². The fourth-order valence-corrected chi connectivity index (χ4v) is 5.37. The molecular weight excluding hydrogens is 536 g/mol. The molecule has 1 fully saturated rings. The highest BCUT2D eigenvalue weighted by atomic mass is 19.2. The second kappa shape index (κ2) is 12.1. The van der Waals surface area contributed by atoms with Crippen LogP contribution >= 0.6 is 0 Å². The van der Waals surface area contributed by atoms with Gasteiger partial charge in [0.2, 0.25) is 0 Å². The molecule has 0 saturated carbocycles. The van der Waals surface area contributed by atoms with Crippen LogP contribution in [0.2, 0.25) is 0 Å². The van der Waals surface area contributed by atoms with Gasteiger partial charge < -0.3 is 14.4 Å². The van der Waals surface area contributed by atoms with Gasteiger partial charge in [-0.1, -0.05) is 6.92 Å². The summed E-state index contributed by atoms with van der Waals surface area (Å²) >= 11 is 0. The van der Waals surface area contributed by atoms with Gasteiger partial charge in [-0.05, 0) is 49.4 Å². The molecular formula is C31H30F4N4O2. The smallest absolute Gasteiger partial charge is 0.182 e. The third-order valence-corrected chi connectivity index (χ3v) is 7.53. The number of nitrogens with zero attached hydrogens (tertiary/aromatic N) is 4. The minimum absolute atomic E-state index is 0.101. The number of hydrazone groups is 1. The maximum Gasteiger partial charge on any atom is 0.182 e. The van der Waals surface area contributed by atoms with Gasteiger partial charge in [-0.3, -0.25) is 5.01 Å². The number of halogens is 4. The van der Waals surface area contributed by atoms with E-state index in [9.17, 15) is 22.8 Å². The quantitative estimate of drug-likeness (QED) is 0.280. The topological polar surface area (TPSA) is 61.1 Å². The van der Waals surface area contributed by atoms with Crippen molar-refractivity contribution in [3.8, 4) is 17.6 Å². The predicted octanol–water partition coefficient (Wildman–Crippen LogP) is 6.83. The van der Waals surface area contributed by atoms with Gasteiger partial charge in [-0.15, -0.1) is 0 Å². The molecule has 2 atom stereocenters. The number of piperidine rings is 1. The first kappa shape index (κ1) is 28.3. The highest BCUT2D eigenvalue weighted by molar-refractivity contribution is 6.04. The lowest BCUT2D eigenvalue weighted by Crippen LogP contribution is -2.38. The van der Waals surface area contributed by atoms with Crippen molar-refractivity contribution < 1.29 is 27.0 Å². The number of hydrogen-bond donors (Lipinski definition) is 0. The van der Waals surface area contributed by atoms with Crippen molar-refractivity contribution >= 4 is 17.1 Å². The Morgan fingerprint density at radius 1 is 0.927 bits per heavy atom. The molecule has 0 bridgehead atoms. The number of nitriles is 1. The number of hydrogen-bond acceptors (Lipinski definition) is 6. The molecule has 0 aromatic heterocycles. The maximum atomic E-state index is 14.5. The Morgan fingerprint density at radius 2 is 1.66 bits per heavy atom. The lowest BCUT2D eigenvalue weighted by Gasteiger charge is -2.34. The first-order valence-electron chi connectivity index (χ1n) is 13.6. The van der Waals surface area contributed by atoms with Gasteiger partial charge in [0.15, 0.2) is 23.3 Å². The summed E-state index contributed by atoms with van der Waals surface area (Å²) in [5.41, 5.74) is 1.98. The Morgan fingerprint density at radius 3 is 2.32 bits per heavy atom. The summed E-state index contributed by atoms with van der Waals surface area (Å²) in [6, 6.07) is 15.5. The molecule has 0 N–H and O–H groups in total. The number of anilines is 2. The average Bonchev–Trinajstić information content (AvgIpc) is 3.29. The molecule has 6 nitrogen and oxygen atoms in total. The molecule has 2 aliphatic heterocycles. The van der Waals surface area contributed by atoms with Crippen LogP contribution in [0.1, 0.15) is 38.7 Å². The molecule has 214 valence electrons. The molecule has 3 aromatic rings. The molecule has 0 amide bonds. The largest absolute Gasteiger partial charge is 0.494 e. The van der Waals surface area contributed by atoms with Crippen LogP contribution < -0.4 is 19.4 Å². The highest BCUT2D eigenvalue weighted by Crippen LogP contribution is 2.35. The van der Waals surface area contributed by atoms with E-state index in [2.05, 4.69) is 6.07 Å². The number of ether oxygens (including phenoxy) is 2. The summed E-state index contributed by atoms with van der Waals surface area (Å²) in [4.78, 5) is 1.80. The Kier molecular flexibility index (Phi) is 8.34. The van der Waals surface area contributed by atoms with Gasteiger partial charge in [-0.2, -0.15) is 10.4 Å². The van der Waals surface area contributed by atoms with Gasteiger partial charge in [0.05, 0.1) is 42.2 Å². The summed E-state index contributed by atoms with van der Waals surface area (Å²) < 4.78 is 67.5. The van der Waals surface area contributed by atoms with Crippen LogP contribution in [-0.4, -0.2) is 37.6 Å². The minimum atomic E-state index is -0.948. The van der Waals surface area contributed by atoms with E-state index < -0.39 is 23.3 Å². The molecule has 3 aromatic carbocycles. The molecule has 5 rings (SSSR count). The van der Waals surface area contributed by atoms with E-state index in [0.29, 0.717) is 55.3 Å². The lowest BCUT2D eigenvalue weighted by atomic mass is 9.91. The molecule has 1 saturated heterocycles. The van der Waals surface area contributed by atoms with E-state index in [1.807, 2.05) is 31.2 Å². The Bertz CT molecular complexity index is 1470. The van der Waals surface area contributed by atoms with Crippen molar-refractivity contribution in [3.63, 3.8) is 0 Å². The third kappa shape index (κ3) is 5.94. The van der Waals surface area contributed by atoms with Crippen LogP contribution in [0.5, 0.6) is 11.5 Å². The van der Waals surface area contributed by atoms with Crippen molar-refractivity contribution in [3.05, 3.63) is 83.4 Å². The minimum Gasteiger partial charge on any atom is -0.494 e. The Balaban J connectivity index is 1.25. The van der Waals surface area contributed by atoms with E-state index >= 15 is 0 Å². The zero-order valence-electron chi connectivity index (χ0n) is 22.8. The fraction of sp³-hybridized carbons (Fsp3) is 0.355. The second-order valence-electron chi connectivity index (χ2n) is 10.1. The van der Waals surface area contributed by atoms with Crippen molar-refractivity contribution in [2.45, 2.75) is 45.3 Å². The molecule has 41 heavy (non-hydrogen) atoms. The Hall–Kier alpha value is -4.26. The van der Waals surface area contributed by atoms with E-state index in [-0.39, 0.29) is 30.2 Å². The molecule has 0 unspecified atom stereocenters. The van der Waals surface area contributed by atoms with Gasteiger partial charge >= 0.3 is 0 Å². The van der Waals surface area contributed by atoms with E-state index in [1.54, 1.807) is 16.8 Å². The standard InChI is InChI=1S/C31H30F4N4O2/c1-3-40-24-17-27(34)30(35)29(18-24)38-14-11-23(12-15-38)41-22-7-5-21(6-8-22)39-28(10-13-36)19(2)31(37-39)20-4-9-25(32)26(33)16-20/h4-9,16-19,23,28H,3,10-12,14-15H2,1-2H3/t19-,28-/m1/s1. The predicted molar refractivity (Wildman–Crippen MR) is 148 cm³/mol. The summed E-state index contributed by atoms with van der Waals surface area (Å²) in [5.74, 6) is -2.94. The normalized spacial score (nSPS) is 19.2. The van der Waals surface area contributed by atoms with Crippen molar-refractivity contribution in [2.75, 3.05) is 29.6 Å². The van der Waals surface area contributed by atoms with E-state index in [1.165, 1.54) is 12.1 Å². The highest BCUT2D eigenvalue weighted by Gasteiger charge is 2.36. The summed E-state index contributed by atoms with van der Waals surface area (Å²) in [6.07, 6.45) is 1.35. The van der Waals surface area contributed by atoms with Gasteiger partial charge in [0.1, 0.15) is 17.6 Å². The van der Waals surface area contributed by atoms with Crippen molar-refractivity contribution in [1.29, 1.82) is 5.26 Å². The van der Waals surface area contributed by atoms with Crippen LogP contribution in [0, 0.1) is 40.5 Å². The summed E-state index contributed by atoms with van der Waals surface area (Å²) in [7, 11) is 0. The van der Waals surface area contributed by atoms with Crippen LogP contribution in [0.4, 0.5) is 28.9 Å².